The lowest BCUT2D eigenvalue weighted by Crippen LogP contribution is -2.29. The molecule has 1 aromatic rings. The molecular formula is C17H23NO4. The van der Waals surface area contributed by atoms with Crippen LogP contribution in [-0.4, -0.2) is 23.6 Å². The molecule has 1 aromatic carbocycles. The van der Waals surface area contributed by atoms with E-state index in [0.29, 0.717) is 31.2 Å². The molecule has 2 N–H and O–H groups in total. The van der Waals surface area contributed by atoms with Gasteiger partial charge in [0.25, 0.3) is 0 Å². The number of ether oxygens (including phenoxy) is 1. The Labute approximate surface area is 130 Å². The van der Waals surface area contributed by atoms with Crippen LogP contribution in [0.4, 0.5) is 0 Å². The zero-order valence-corrected chi connectivity index (χ0v) is 12.9. The Balaban J connectivity index is 1.69. The van der Waals surface area contributed by atoms with Crippen LogP contribution in [0.1, 0.15) is 38.2 Å². The largest absolute Gasteiger partial charge is 0.494 e. The fraction of sp³-hybridized carbons (Fsp3) is 0.529. The first-order valence-electron chi connectivity index (χ1n) is 7.77. The van der Waals surface area contributed by atoms with E-state index in [4.69, 9.17) is 9.84 Å². The maximum Gasteiger partial charge on any atom is 0.303 e. The lowest BCUT2D eigenvalue weighted by Gasteiger charge is -2.11. The van der Waals surface area contributed by atoms with E-state index in [2.05, 4.69) is 5.32 Å². The molecule has 1 saturated carbocycles. The van der Waals surface area contributed by atoms with Crippen LogP contribution in [0.3, 0.4) is 0 Å². The molecule has 2 rings (SSSR count). The maximum atomic E-state index is 11.9. The van der Waals surface area contributed by atoms with E-state index in [1.165, 1.54) is 12.8 Å². The Morgan fingerprint density at radius 3 is 2.59 bits per heavy atom. The quantitative estimate of drug-likeness (QED) is 0.688. The van der Waals surface area contributed by atoms with E-state index in [9.17, 15) is 9.59 Å². The Hall–Kier alpha value is -2.04. The summed E-state index contributed by atoms with van der Waals surface area (Å²) in [5.41, 5.74) is 1.02. The van der Waals surface area contributed by atoms with Crippen LogP contribution in [0, 0.1) is 11.8 Å². The van der Waals surface area contributed by atoms with Crippen molar-refractivity contribution in [3.63, 3.8) is 0 Å². The van der Waals surface area contributed by atoms with Gasteiger partial charge in [-0.15, -0.1) is 0 Å². The molecule has 22 heavy (non-hydrogen) atoms. The minimum Gasteiger partial charge on any atom is -0.494 e. The lowest BCUT2D eigenvalue weighted by atomic mass is 10.1. The number of benzene rings is 1. The molecule has 0 bridgehead atoms. The Morgan fingerprint density at radius 1 is 1.32 bits per heavy atom. The summed E-state index contributed by atoms with van der Waals surface area (Å²) in [6.45, 7) is 2.90. The van der Waals surface area contributed by atoms with Crippen molar-refractivity contribution in [3.05, 3.63) is 29.8 Å². The summed E-state index contributed by atoms with van der Waals surface area (Å²) in [6, 6.07) is 7.50. The average Bonchev–Trinajstić information content (AvgIpc) is 3.34. The van der Waals surface area contributed by atoms with Gasteiger partial charge in [-0.25, -0.2) is 0 Å². The van der Waals surface area contributed by atoms with Crippen LogP contribution in [0.25, 0.3) is 0 Å². The van der Waals surface area contributed by atoms with Gasteiger partial charge in [-0.3, -0.25) is 9.59 Å². The van der Waals surface area contributed by atoms with Gasteiger partial charge in [0.2, 0.25) is 5.91 Å². The minimum atomic E-state index is -0.810. The summed E-state index contributed by atoms with van der Waals surface area (Å²) in [4.78, 5) is 22.3. The third-order valence-corrected chi connectivity index (χ3v) is 3.94. The van der Waals surface area contributed by atoms with Crippen LogP contribution in [0.2, 0.25) is 0 Å². The smallest absolute Gasteiger partial charge is 0.303 e. The summed E-state index contributed by atoms with van der Waals surface area (Å²) in [7, 11) is 0. The van der Waals surface area contributed by atoms with Gasteiger partial charge in [-0.1, -0.05) is 19.1 Å². The van der Waals surface area contributed by atoms with Gasteiger partial charge in [0, 0.05) is 18.9 Å². The van der Waals surface area contributed by atoms with Crippen molar-refractivity contribution >= 4 is 11.9 Å². The molecule has 1 atom stereocenters. The zero-order chi connectivity index (χ0) is 15.9. The van der Waals surface area contributed by atoms with Crippen molar-refractivity contribution in [3.8, 4) is 5.75 Å². The second-order valence-electron chi connectivity index (χ2n) is 5.83. The minimum absolute atomic E-state index is 0.108. The van der Waals surface area contributed by atoms with Gasteiger partial charge < -0.3 is 15.2 Å². The highest BCUT2D eigenvalue weighted by atomic mass is 16.5. The number of carbonyl (C=O) groups excluding carboxylic acids is 1. The van der Waals surface area contributed by atoms with Crippen molar-refractivity contribution in [2.75, 3.05) is 6.61 Å². The second-order valence-corrected chi connectivity index (χ2v) is 5.83. The van der Waals surface area contributed by atoms with E-state index in [1.807, 2.05) is 31.2 Å². The van der Waals surface area contributed by atoms with Crippen LogP contribution in [-0.2, 0) is 16.1 Å². The number of carboxylic acid groups (broad SMARTS) is 1. The van der Waals surface area contributed by atoms with E-state index < -0.39 is 5.97 Å². The number of aliphatic carboxylic acids is 1. The number of hydrogen-bond acceptors (Lipinski definition) is 3. The van der Waals surface area contributed by atoms with Gasteiger partial charge in [0.15, 0.2) is 0 Å². The third kappa shape index (κ3) is 5.39. The van der Waals surface area contributed by atoms with Crippen molar-refractivity contribution in [1.29, 1.82) is 0 Å². The zero-order valence-electron chi connectivity index (χ0n) is 12.9. The van der Waals surface area contributed by atoms with Crippen LogP contribution < -0.4 is 10.1 Å². The summed E-state index contributed by atoms with van der Waals surface area (Å²) >= 11 is 0. The van der Waals surface area contributed by atoms with Crippen LogP contribution >= 0.6 is 0 Å². The van der Waals surface area contributed by atoms with Crippen molar-refractivity contribution in [1.82, 2.24) is 5.32 Å². The predicted octanol–water partition coefficient (Wildman–Crippen LogP) is 2.59. The van der Waals surface area contributed by atoms with E-state index in [0.717, 1.165) is 5.56 Å². The molecule has 0 radical (unpaired) electrons. The molecule has 1 unspecified atom stereocenters. The van der Waals surface area contributed by atoms with E-state index in [1.54, 1.807) is 0 Å². The summed E-state index contributed by atoms with van der Waals surface area (Å²) in [5, 5.41) is 11.5. The fourth-order valence-electron chi connectivity index (χ4n) is 2.28. The first-order chi connectivity index (χ1) is 10.6. The predicted molar refractivity (Wildman–Crippen MR) is 82.5 cm³/mol. The number of rotatable bonds is 9. The molecule has 1 aliphatic rings. The monoisotopic (exact) mass is 305 g/mol. The number of nitrogens with one attached hydrogen (secondary N) is 1. The standard InChI is InChI=1S/C17H23NO4/c1-12(14-6-7-14)17(21)18-11-13-4-8-15(9-5-13)22-10-2-3-16(19)20/h4-5,8-9,12,14H,2-3,6-7,10-11H2,1H3,(H,18,21)(H,19,20). The Morgan fingerprint density at radius 2 is 2.00 bits per heavy atom. The highest BCUT2D eigenvalue weighted by Crippen LogP contribution is 2.36. The number of carboxylic acids is 1. The summed E-state index contributed by atoms with van der Waals surface area (Å²) < 4.78 is 5.46. The number of amides is 1. The summed E-state index contributed by atoms with van der Waals surface area (Å²) in [6.07, 6.45) is 2.94. The molecule has 0 aliphatic heterocycles. The van der Waals surface area contributed by atoms with Gasteiger partial charge in [-0.2, -0.15) is 0 Å². The lowest BCUT2D eigenvalue weighted by molar-refractivity contribution is -0.137. The van der Waals surface area contributed by atoms with Gasteiger partial charge in [0.1, 0.15) is 5.75 Å². The molecule has 0 spiro atoms. The van der Waals surface area contributed by atoms with Crippen LogP contribution in [0.5, 0.6) is 5.75 Å². The first kappa shape index (κ1) is 16.3. The van der Waals surface area contributed by atoms with Crippen molar-refractivity contribution in [2.45, 2.75) is 39.2 Å². The van der Waals surface area contributed by atoms with Crippen molar-refractivity contribution < 1.29 is 19.4 Å². The highest BCUT2D eigenvalue weighted by Gasteiger charge is 2.32. The van der Waals surface area contributed by atoms with Gasteiger partial charge in [0.05, 0.1) is 6.61 Å². The molecular weight excluding hydrogens is 282 g/mol. The first-order valence-corrected chi connectivity index (χ1v) is 7.77. The molecule has 1 fully saturated rings. The molecule has 120 valence electrons. The molecule has 0 aromatic heterocycles. The molecule has 1 aliphatic carbocycles. The van der Waals surface area contributed by atoms with Crippen LogP contribution in [0.15, 0.2) is 24.3 Å². The number of hydrogen-bond donors (Lipinski definition) is 2. The fourth-order valence-corrected chi connectivity index (χ4v) is 2.28. The SMILES string of the molecule is CC(C(=O)NCc1ccc(OCCCC(=O)O)cc1)C1CC1. The molecule has 1 amide bonds. The van der Waals surface area contributed by atoms with Gasteiger partial charge in [-0.05, 0) is 42.9 Å². The highest BCUT2D eigenvalue weighted by molar-refractivity contribution is 5.78. The molecule has 0 heterocycles. The molecule has 5 nitrogen and oxygen atoms in total. The molecule has 0 saturated heterocycles. The molecule has 5 heteroatoms. The Kier molecular flexibility index (Phi) is 5.81. The van der Waals surface area contributed by atoms with E-state index >= 15 is 0 Å². The topological polar surface area (TPSA) is 75.6 Å². The maximum absolute atomic E-state index is 11.9. The second kappa shape index (κ2) is 7.82. The average molecular weight is 305 g/mol. The third-order valence-electron chi connectivity index (χ3n) is 3.94. The van der Waals surface area contributed by atoms with Crippen molar-refractivity contribution in [2.24, 2.45) is 11.8 Å². The Bertz CT molecular complexity index is 508. The summed E-state index contributed by atoms with van der Waals surface area (Å²) in [5.74, 6) is 0.705. The van der Waals surface area contributed by atoms with E-state index in [-0.39, 0.29) is 18.2 Å². The number of carbonyl (C=O) groups is 2. The normalized spacial score (nSPS) is 15.1. The van der Waals surface area contributed by atoms with Gasteiger partial charge >= 0.3 is 5.97 Å².